The third kappa shape index (κ3) is 2.99. The van der Waals surface area contributed by atoms with E-state index in [0.717, 1.165) is 16.3 Å². The van der Waals surface area contributed by atoms with E-state index in [1.54, 1.807) is 37.5 Å². The number of aromatic nitrogens is 4. The van der Waals surface area contributed by atoms with Gasteiger partial charge in [-0.3, -0.25) is 9.59 Å². The normalized spacial score (nSPS) is 11.4. The third-order valence-corrected chi connectivity index (χ3v) is 5.16. The van der Waals surface area contributed by atoms with Crippen LogP contribution in [0.4, 0.5) is 10.1 Å². The molecule has 138 valence electrons. The summed E-state index contributed by atoms with van der Waals surface area (Å²) < 4.78 is 16.3. The number of rotatable bonds is 3. The first-order valence-corrected chi connectivity index (χ1v) is 9.07. The van der Waals surface area contributed by atoms with Crippen LogP contribution in [0.25, 0.3) is 16.0 Å². The molecule has 4 rings (SSSR count). The average molecular weight is 385 g/mol. The van der Waals surface area contributed by atoms with Gasteiger partial charge in [0.2, 0.25) is 10.9 Å². The SMILES string of the molecule is Cc1nn2c(=O)c3c(cc(C)n3CC(=O)Nc3cc(F)ccc3C)nc2s1. The fourth-order valence-corrected chi connectivity index (χ4v) is 3.76. The molecule has 0 atom stereocenters. The Hall–Kier alpha value is -3.07. The molecule has 0 saturated carbocycles. The topological polar surface area (TPSA) is 81.3 Å². The van der Waals surface area contributed by atoms with Crippen LogP contribution < -0.4 is 10.9 Å². The number of fused-ring (bicyclic) bond motifs is 2. The number of nitrogens with zero attached hydrogens (tertiary/aromatic N) is 4. The Bertz CT molecular complexity index is 1270. The summed E-state index contributed by atoms with van der Waals surface area (Å²) in [7, 11) is 0. The van der Waals surface area contributed by atoms with Gasteiger partial charge in [-0.15, -0.1) is 0 Å². The molecule has 7 nitrogen and oxygen atoms in total. The zero-order valence-corrected chi connectivity index (χ0v) is 15.7. The number of carbonyl (C=O) groups is 1. The van der Waals surface area contributed by atoms with Gasteiger partial charge in [0.25, 0.3) is 5.56 Å². The molecule has 3 aromatic heterocycles. The van der Waals surface area contributed by atoms with Crippen molar-refractivity contribution in [3.8, 4) is 0 Å². The first-order chi connectivity index (χ1) is 12.8. The number of nitrogens with one attached hydrogen (secondary N) is 1. The van der Waals surface area contributed by atoms with Crippen molar-refractivity contribution in [2.24, 2.45) is 0 Å². The summed E-state index contributed by atoms with van der Waals surface area (Å²) in [5, 5.41) is 7.62. The maximum atomic E-state index is 13.4. The molecule has 0 spiro atoms. The molecule has 1 amide bonds. The van der Waals surface area contributed by atoms with Gasteiger partial charge in [-0.25, -0.2) is 9.37 Å². The number of benzene rings is 1. The molecule has 0 fully saturated rings. The van der Waals surface area contributed by atoms with E-state index in [9.17, 15) is 14.0 Å². The molecular weight excluding hydrogens is 369 g/mol. The van der Waals surface area contributed by atoms with E-state index in [-0.39, 0.29) is 18.0 Å². The maximum Gasteiger partial charge on any atom is 0.299 e. The lowest BCUT2D eigenvalue weighted by molar-refractivity contribution is -0.116. The van der Waals surface area contributed by atoms with Crippen molar-refractivity contribution < 1.29 is 9.18 Å². The number of aryl methyl sites for hydroxylation is 3. The molecule has 0 saturated heterocycles. The van der Waals surface area contributed by atoms with Crippen LogP contribution >= 0.6 is 11.3 Å². The van der Waals surface area contributed by atoms with Crippen LogP contribution in [-0.4, -0.2) is 25.1 Å². The molecule has 0 aliphatic carbocycles. The van der Waals surface area contributed by atoms with Gasteiger partial charge in [0.05, 0.1) is 5.52 Å². The Morgan fingerprint density at radius 1 is 1.26 bits per heavy atom. The fourth-order valence-electron chi connectivity index (χ4n) is 3.02. The molecular formula is C18H16FN5O2S. The molecule has 0 radical (unpaired) electrons. The van der Waals surface area contributed by atoms with Crippen molar-refractivity contribution in [1.82, 2.24) is 19.2 Å². The third-order valence-electron chi connectivity index (χ3n) is 4.33. The number of amides is 1. The van der Waals surface area contributed by atoms with Gasteiger partial charge in [-0.1, -0.05) is 17.4 Å². The molecule has 0 aliphatic rings. The van der Waals surface area contributed by atoms with Crippen LogP contribution in [0, 0.1) is 26.6 Å². The molecule has 9 heteroatoms. The second kappa shape index (κ2) is 6.27. The van der Waals surface area contributed by atoms with E-state index in [2.05, 4.69) is 15.4 Å². The van der Waals surface area contributed by atoms with Gasteiger partial charge >= 0.3 is 0 Å². The van der Waals surface area contributed by atoms with E-state index >= 15 is 0 Å². The van der Waals surface area contributed by atoms with E-state index in [4.69, 9.17) is 0 Å². The highest BCUT2D eigenvalue weighted by Gasteiger charge is 2.17. The molecule has 1 aromatic carbocycles. The smallest absolute Gasteiger partial charge is 0.299 e. The van der Waals surface area contributed by atoms with Gasteiger partial charge in [0, 0.05) is 11.4 Å². The van der Waals surface area contributed by atoms with Crippen LogP contribution in [0.2, 0.25) is 0 Å². The first kappa shape index (κ1) is 17.3. The highest BCUT2D eigenvalue weighted by Crippen LogP contribution is 2.19. The van der Waals surface area contributed by atoms with Crippen LogP contribution in [0.15, 0.2) is 29.1 Å². The Balaban J connectivity index is 1.74. The van der Waals surface area contributed by atoms with Gasteiger partial charge in [0.15, 0.2) is 0 Å². The second-order valence-electron chi connectivity index (χ2n) is 6.35. The van der Waals surface area contributed by atoms with E-state index in [1.165, 1.54) is 28.0 Å². The van der Waals surface area contributed by atoms with Gasteiger partial charge in [-0.05, 0) is 44.5 Å². The summed E-state index contributed by atoms with van der Waals surface area (Å²) in [6.07, 6.45) is 0. The lowest BCUT2D eigenvalue weighted by Crippen LogP contribution is -2.24. The predicted octanol–water partition coefficient (Wildman–Crippen LogP) is 2.81. The lowest BCUT2D eigenvalue weighted by Gasteiger charge is -2.11. The van der Waals surface area contributed by atoms with Crippen molar-refractivity contribution in [2.45, 2.75) is 27.3 Å². The largest absolute Gasteiger partial charge is 0.330 e. The highest BCUT2D eigenvalue weighted by molar-refractivity contribution is 7.16. The van der Waals surface area contributed by atoms with Crippen molar-refractivity contribution >= 4 is 38.9 Å². The molecule has 0 aliphatic heterocycles. The molecule has 4 aromatic rings. The minimum Gasteiger partial charge on any atom is -0.330 e. The summed E-state index contributed by atoms with van der Waals surface area (Å²) in [5.41, 5.74) is 2.41. The quantitative estimate of drug-likeness (QED) is 0.588. The molecule has 1 N–H and O–H groups in total. The van der Waals surface area contributed by atoms with Gasteiger partial charge in [0.1, 0.15) is 22.9 Å². The van der Waals surface area contributed by atoms with Crippen LogP contribution in [-0.2, 0) is 11.3 Å². The Labute approximate surface area is 157 Å². The van der Waals surface area contributed by atoms with E-state index < -0.39 is 5.82 Å². The predicted molar refractivity (Wildman–Crippen MR) is 102 cm³/mol. The van der Waals surface area contributed by atoms with Gasteiger partial charge in [-0.2, -0.15) is 9.61 Å². The Morgan fingerprint density at radius 3 is 2.81 bits per heavy atom. The highest BCUT2D eigenvalue weighted by atomic mass is 32.1. The van der Waals surface area contributed by atoms with E-state index in [0.29, 0.717) is 21.7 Å². The number of carbonyl (C=O) groups excluding carboxylic acids is 1. The van der Waals surface area contributed by atoms with Crippen LogP contribution in [0.1, 0.15) is 16.3 Å². The second-order valence-corrected chi connectivity index (χ2v) is 7.51. The molecule has 3 heterocycles. The number of hydrogen-bond acceptors (Lipinski definition) is 5. The lowest BCUT2D eigenvalue weighted by atomic mass is 10.2. The summed E-state index contributed by atoms with van der Waals surface area (Å²) in [6, 6.07) is 5.97. The Kier molecular flexibility index (Phi) is 4.03. The minimum absolute atomic E-state index is 0.0859. The minimum atomic E-state index is -0.428. The van der Waals surface area contributed by atoms with Crippen molar-refractivity contribution in [1.29, 1.82) is 0 Å². The zero-order valence-electron chi connectivity index (χ0n) is 14.9. The van der Waals surface area contributed by atoms with Gasteiger partial charge < -0.3 is 9.88 Å². The molecule has 27 heavy (non-hydrogen) atoms. The summed E-state index contributed by atoms with van der Waals surface area (Å²) in [4.78, 5) is 30.4. The standard InChI is InChI=1S/C18H16FN5O2S/c1-9-4-5-12(19)7-13(9)20-15(25)8-23-10(2)6-14-16(23)17(26)24-18(21-14)27-11(3)22-24/h4-7H,8H2,1-3H3,(H,20,25). The monoisotopic (exact) mass is 385 g/mol. The van der Waals surface area contributed by atoms with Crippen molar-refractivity contribution in [3.63, 3.8) is 0 Å². The number of anilines is 1. The average Bonchev–Trinajstić information content (AvgIpc) is 3.11. The summed E-state index contributed by atoms with van der Waals surface area (Å²) in [5.74, 6) is -0.787. The van der Waals surface area contributed by atoms with E-state index in [1.807, 2.05) is 0 Å². The number of halogens is 1. The fraction of sp³-hybridized carbons (Fsp3) is 0.222. The van der Waals surface area contributed by atoms with Crippen LogP contribution in [0.5, 0.6) is 0 Å². The molecule has 0 unspecified atom stereocenters. The zero-order chi connectivity index (χ0) is 19.3. The van der Waals surface area contributed by atoms with Crippen molar-refractivity contribution in [3.05, 3.63) is 56.7 Å². The van der Waals surface area contributed by atoms with Crippen molar-refractivity contribution in [2.75, 3.05) is 5.32 Å². The van der Waals surface area contributed by atoms with Crippen LogP contribution in [0.3, 0.4) is 0 Å². The maximum absolute atomic E-state index is 13.4. The summed E-state index contributed by atoms with van der Waals surface area (Å²) >= 11 is 1.33. The summed E-state index contributed by atoms with van der Waals surface area (Å²) in [6.45, 7) is 5.30. The number of hydrogen-bond donors (Lipinski definition) is 1. The Morgan fingerprint density at radius 2 is 2.04 bits per heavy atom. The first-order valence-electron chi connectivity index (χ1n) is 8.26. The molecule has 0 bridgehead atoms.